The third-order valence-corrected chi connectivity index (χ3v) is 3.35. The van der Waals surface area contributed by atoms with Crippen LogP contribution in [-0.4, -0.2) is 5.78 Å². The Morgan fingerprint density at radius 1 is 0.950 bits per heavy atom. The maximum absolute atomic E-state index is 13.6. The molecular formula is C16H15F2NO. The van der Waals surface area contributed by atoms with E-state index >= 15 is 0 Å². The normalized spacial score (nSPS) is 10.7. The van der Waals surface area contributed by atoms with Gasteiger partial charge in [-0.05, 0) is 56.2 Å². The van der Waals surface area contributed by atoms with Crippen LogP contribution in [-0.2, 0) is 0 Å². The Morgan fingerprint density at radius 3 is 1.95 bits per heavy atom. The van der Waals surface area contributed by atoms with E-state index in [-0.39, 0.29) is 22.9 Å². The van der Waals surface area contributed by atoms with Crippen LogP contribution < -0.4 is 5.73 Å². The van der Waals surface area contributed by atoms with Gasteiger partial charge in [-0.25, -0.2) is 8.78 Å². The number of nitrogen functional groups attached to an aromatic ring is 1. The molecule has 20 heavy (non-hydrogen) atoms. The molecule has 2 aromatic rings. The molecule has 2 N–H and O–H groups in total. The molecule has 0 heterocycles. The molecule has 4 heteroatoms. The van der Waals surface area contributed by atoms with E-state index in [0.29, 0.717) is 22.3 Å². The van der Waals surface area contributed by atoms with Gasteiger partial charge in [0.1, 0.15) is 11.6 Å². The summed E-state index contributed by atoms with van der Waals surface area (Å²) in [5.74, 6) is -1.23. The highest BCUT2D eigenvalue weighted by atomic mass is 19.1. The number of aryl methyl sites for hydroxylation is 2. The van der Waals surface area contributed by atoms with Crippen molar-refractivity contribution in [2.45, 2.75) is 20.8 Å². The second kappa shape index (κ2) is 5.04. The molecule has 0 aliphatic carbocycles. The van der Waals surface area contributed by atoms with Gasteiger partial charge in [-0.3, -0.25) is 4.79 Å². The Hall–Kier alpha value is -2.23. The van der Waals surface area contributed by atoms with E-state index in [1.165, 1.54) is 18.2 Å². The summed E-state index contributed by atoms with van der Waals surface area (Å²) in [6.07, 6.45) is 0. The van der Waals surface area contributed by atoms with Gasteiger partial charge in [-0.1, -0.05) is 0 Å². The lowest BCUT2D eigenvalue weighted by molar-refractivity contribution is 0.103. The lowest BCUT2D eigenvalue weighted by Crippen LogP contribution is -2.06. The molecule has 2 rings (SSSR count). The Bertz CT molecular complexity index is 602. The highest BCUT2D eigenvalue weighted by Gasteiger charge is 2.15. The standard InChI is InChI=1S/C16H15F2NO/c1-8-4-11(5-9(2)15(8)18)16(20)12-6-13(17)10(3)14(19)7-12/h4-7H,19H2,1-3H3. The highest BCUT2D eigenvalue weighted by molar-refractivity contribution is 6.09. The third kappa shape index (κ3) is 2.41. The first-order valence-corrected chi connectivity index (χ1v) is 6.18. The zero-order valence-corrected chi connectivity index (χ0v) is 11.6. The Labute approximate surface area is 116 Å². The molecule has 0 aliphatic heterocycles. The highest BCUT2D eigenvalue weighted by Crippen LogP contribution is 2.22. The number of ketones is 1. The fourth-order valence-electron chi connectivity index (χ4n) is 2.07. The first-order chi connectivity index (χ1) is 9.31. The predicted octanol–water partition coefficient (Wildman–Crippen LogP) is 3.70. The Morgan fingerprint density at radius 2 is 1.45 bits per heavy atom. The molecule has 0 saturated carbocycles. The smallest absolute Gasteiger partial charge is 0.193 e. The number of benzene rings is 2. The molecule has 0 aliphatic rings. The molecule has 0 aromatic heterocycles. The van der Waals surface area contributed by atoms with Gasteiger partial charge in [-0.15, -0.1) is 0 Å². The van der Waals surface area contributed by atoms with Crippen LogP contribution in [0.5, 0.6) is 0 Å². The van der Waals surface area contributed by atoms with E-state index in [9.17, 15) is 13.6 Å². The van der Waals surface area contributed by atoms with Crippen LogP contribution in [0.3, 0.4) is 0 Å². The maximum atomic E-state index is 13.6. The molecule has 0 saturated heterocycles. The van der Waals surface area contributed by atoms with Gasteiger partial charge in [0, 0.05) is 22.4 Å². The van der Waals surface area contributed by atoms with E-state index in [2.05, 4.69) is 0 Å². The summed E-state index contributed by atoms with van der Waals surface area (Å²) in [4.78, 5) is 12.3. The molecule has 104 valence electrons. The van der Waals surface area contributed by atoms with Crippen molar-refractivity contribution >= 4 is 11.5 Å². The number of halogens is 2. The van der Waals surface area contributed by atoms with Crippen molar-refractivity contribution in [3.8, 4) is 0 Å². The SMILES string of the molecule is Cc1cc(C(=O)c2cc(N)c(C)c(F)c2)cc(C)c1F. The van der Waals surface area contributed by atoms with Crippen LogP contribution in [0.4, 0.5) is 14.5 Å². The van der Waals surface area contributed by atoms with Crippen molar-refractivity contribution in [1.29, 1.82) is 0 Å². The fourth-order valence-corrected chi connectivity index (χ4v) is 2.07. The average Bonchev–Trinajstić information content (AvgIpc) is 2.40. The molecule has 0 unspecified atom stereocenters. The summed E-state index contributed by atoms with van der Waals surface area (Å²) in [5.41, 5.74) is 7.46. The third-order valence-electron chi connectivity index (χ3n) is 3.35. The van der Waals surface area contributed by atoms with Crippen molar-refractivity contribution in [3.63, 3.8) is 0 Å². The van der Waals surface area contributed by atoms with Crippen LogP contribution in [0.25, 0.3) is 0 Å². The van der Waals surface area contributed by atoms with Gasteiger partial charge < -0.3 is 5.73 Å². The second-order valence-electron chi connectivity index (χ2n) is 4.93. The Kier molecular flexibility index (Phi) is 3.57. The zero-order valence-electron chi connectivity index (χ0n) is 11.6. The number of nitrogens with two attached hydrogens (primary N) is 1. The van der Waals surface area contributed by atoms with Gasteiger partial charge in [0.25, 0.3) is 0 Å². The van der Waals surface area contributed by atoms with Gasteiger partial charge in [0.05, 0.1) is 0 Å². The lowest BCUT2D eigenvalue weighted by atomic mass is 9.97. The number of hydrogen-bond acceptors (Lipinski definition) is 2. The predicted molar refractivity (Wildman–Crippen MR) is 74.9 cm³/mol. The van der Waals surface area contributed by atoms with Crippen LogP contribution in [0.2, 0.25) is 0 Å². The number of rotatable bonds is 2. The number of hydrogen-bond donors (Lipinski definition) is 1. The summed E-state index contributed by atoms with van der Waals surface area (Å²) in [6, 6.07) is 5.51. The summed E-state index contributed by atoms with van der Waals surface area (Å²) < 4.78 is 27.2. The molecule has 2 nitrogen and oxygen atoms in total. The van der Waals surface area contributed by atoms with E-state index in [4.69, 9.17) is 5.73 Å². The molecule has 2 aromatic carbocycles. The van der Waals surface area contributed by atoms with Crippen molar-refractivity contribution < 1.29 is 13.6 Å². The van der Waals surface area contributed by atoms with E-state index in [1.807, 2.05) is 0 Å². The molecule has 0 fully saturated rings. The first kappa shape index (κ1) is 14.2. The van der Waals surface area contributed by atoms with E-state index in [0.717, 1.165) is 6.07 Å². The molecule has 0 amide bonds. The summed E-state index contributed by atoms with van der Waals surface area (Å²) in [5, 5.41) is 0. The van der Waals surface area contributed by atoms with E-state index in [1.54, 1.807) is 20.8 Å². The Balaban J connectivity index is 2.52. The van der Waals surface area contributed by atoms with Crippen molar-refractivity contribution in [2.24, 2.45) is 0 Å². The quantitative estimate of drug-likeness (QED) is 0.670. The number of carbonyl (C=O) groups excluding carboxylic acids is 1. The number of carbonyl (C=O) groups is 1. The monoisotopic (exact) mass is 275 g/mol. The van der Waals surface area contributed by atoms with Crippen LogP contribution in [0.1, 0.15) is 32.6 Å². The largest absolute Gasteiger partial charge is 0.398 e. The maximum Gasteiger partial charge on any atom is 0.193 e. The molecular weight excluding hydrogens is 260 g/mol. The lowest BCUT2D eigenvalue weighted by Gasteiger charge is -2.08. The van der Waals surface area contributed by atoms with Crippen molar-refractivity contribution in [1.82, 2.24) is 0 Å². The molecule has 0 radical (unpaired) electrons. The minimum absolute atomic E-state index is 0.163. The number of anilines is 1. The molecule has 0 bridgehead atoms. The topological polar surface area (TPSA) is 43.1 Å². The average molecular weight is 275 g/mol. The molecule has 0 atom stereocenters. The van der Waals surface area contributed by atoms with Crippen molar-refractivity contribution in [2.75, 3.05) is 5.73 Å². The summed E-state index contributed by atoms with van der Waals surface area (Å²) >= 11 is 0. The first-order valence-electron chi connectivity index (χ1n) is 6.18. The zero-order chi connectivity index (χ0) is 15.0. The van der Waals surface area contributed by atoms with Crippen molar-refractivity contribution in [3.05, 3.63) is 63.7 Å². The van der Waals surface area contributed by atoms with Gasteiger partial charge in [0.15, 0.2) is 5.78 Å². The second-order valence-corrected chi connectivity index (χ2v) is 4.93. The minimum atomic E-state index is -0.524. The van der Waals surface area contributed by atoms with Crippen LogP contribution >= 0.6 is 0 Å². The van der Waals surface area contributed by atoms with Crippen LogP contribution in [0, 0.1) is 32.4 Å². The molecule has 0 spiro atoms. The minimum Gasteiger partial charge on any atom is -0.398 e. The van der Waals surface area contributed by atoms with Crippen LogP contribution in [0.15, 0.2) is 24.3 Å². The van der Waals surface area contributed by atoms with Gasteiger partial charge in [-0.2, -0.15) is 0 Å². The summed E-state index contributed by atoms with van der Waals surface area (Å²) in [6.45, 7) is 4.72. The summed E-state index contributed by atoms with van der Waals surface area (Å²) in [7, 11) is 0. The van der Waals surface area contributed by atoms with E-state index < -0.39 is 5.82 Å². The van der Waals surface area contributed by atoms with Gasteiger partial charge >= 0.3 is 0 Å². The fraction of sp³-hybridized carbons (Fsp3) is 0.188. The van der Waals surface area contributed by atoms with Gasteiger partial charge in [0.2, 0.25) is 0 Å².